The minimum atomic E-state index is -0.196. The van der Waals surface area contributed by atoms with Crippen molar-refractivity contribution in [2.75, 3.05) is 6.54 Å². The largest absolute Gasteiger partial charge is 0.310 e. The molecule has 0 bridgehead atoms. The fourth-order valence-corrected chi connectivity index (χ4v) is 2.09. The number of H-pyrrole nitrogens is 1. The maximum atomic E-state index is 13.6. The van der Waals surface area contributed by atoms with Crippen molar-refractivity contribution in [1.29, 1.82) is 0 Å². The number of rotatable bonds is 5. The first-order chi connectivity index (χ1) is 8.66. The van der Waals surface area contributed by atoms with Crippen molar-refractivity contribution in [3.05, 3.63) is 46.2 Å². The lowest BCUT2D eigenvalue weighted by Gasteiger charge is -2.14. The third kappa shape index (κ3) is 3.36. The molecule has 96 valence electrons. The molecule has 0 amide bonds. The van der Waals surface area contributed by atoms with Crippen molar-refractivity contribution in [3.63, 3.8) is 0 Å². The highest BCUT2D eigenvalue weighted by atomic mass is 79.9. The van der Waals surface area contributed by atoms with Crippen LogP contribution in [0.2, 0.25) is 0 Å². The molecular weight excluding hydrogens is 299 g/mol. The Hall–Kier alpha value is -1.27. The van der Waals surface area contributed by atoms with Crippen LogP contribution in [-0.4, -0.2) is 21.7 Å². The lowest BCUT2D eigenvalue weighted by molar-refractivity contribution is 0.527. The second kappa shape index (κ2) is 6.06. The number of nitrogens with zero attached hydrogens (tertiary/aromatic N) is 2. The fraction of sp³-hybridized carbons (Fsp3) is 0.333. The number of halogens is 2. The van der Waals surface area contributed by atoms with Gasteiger partial charge in [-0.25, -0.2) is 9.37 Å². The minimum absolute atomic E-state index is 0.0505. The van der Waals surface area contributed by atoms with Gasteiger partial charge in [-0.15, -0.1) is 0 Å². The van der Waals surface area contributed by atoms with E-state index in [2.05, 4.69) is 36.4 Å². The summed E-state index contributed by atoms with van der Waals surface area (Å²) in [4.78, 5) is 4.03. The molecule has 0 saturated carbocycles. The Morgan fingerprint density at radius 3 is 3.06 bits per heavy atom. The predicted molar refractivity (Wildman–Crippen MR) is 70.6 cm³/mol. The SMILES string of the molecule is CC(NCCc1ncn[nH]1)c1cc(Br)ccc1F. The van der Waals surface area contributed by atoms with Crippen LogP contribution in [0, 0.1) is 5.82 Å². The molecule has 1 aromatic carbocycles. The molecule has 1 heterocycles. The van der Waals surface area contributed by atoms with E-state index in [4.69, 9.17) is 0 Å². The first-order valence-electron chi connectivity index (χ1n) is 5.69. The molecule has 18 heavy (non-hydrogen) atoms. The number of hydrogen-bond acceptors (Lipinski definition) is 3. The molecule has 0 radical (unpaired) electrons. The van der Waals surface area contributed by atoms with Crippen LogP contribution in [0.15, 0.2) is 29.0 Å². The summed E-state index contributed by atoms with van der Waals surface area (Å²) in [5.41, 5.74) is 0.655. The van der Waals surface area contributed by atoms with Crippen LogP contribution in [0.25, 0.3) is 0 Å². The molecule has 1 aromatic heterocycles. The van der Waals surface area contributed by atoms with Crippen molar-refractivity contribution in [1.82, 2.24) is 20.5 Å². The summed E-state index contributed by atoms with van der Waals surface area (Å²) >= 11 is 3.35. The number of nitrogens with one attached hydrogen (secondary N) is 2. The van der Waals surface area contributed by atoms with Crippen molar-refractivity contribution in [2.45, 2.75) is 19.4 Å². The normalized spacial score (nSPS) is 12.6. The van der Waals surface area contributed by atoms with Gasteiger partial charge in [-0.05, 0) is 25.1 Å². The standard InChI is InChI=1S/C12H14BrFN4/c1-8(10-6-9(13)2-3-11(10)14)15-5-4-12-16-7-17-18-12/h2-3,6-8,15H,4-5H2,1H3,(H,16,17,18). The molecule has 0 aliphatic carbocycles. The van der Waals surface area contributed by atoms with Crippen LogP contribution >= 0.6 is 15.9 Å². The third-order valence-corrected chi connectivity index (χ3v) is 3.20. The maximum absolute atomic E-state index is 13.6. The molecule has 2 N–H and O–H groups in total. The summed E-state index contributed by atoms with van der Waals surface area (Å²) in [5, 5.41) is 9.82. The summed E-state index contributed by atoms with van der Waals surface area (Å²) in [6, 6.07) is 4.90. The first-order valence-corrected chi connectivity index (χ1v) is 6.48. The molecule has 6 heteroatoms. The smallest absolute Gasteiger partial charge is 0.137 e. The van der Waals surface area contributed by atoms with Crippen LogP contribution in [0.4, 0.5) is 4.39 Å². The minimum Gasteiger partial charge on any atom is -0.310 e. The summed E-state index contributed by atoms with van der Waals surface area (Å²) in [5.74, 6) is 0.627. The lowest BCUT2D eigenvalue weighted by Crippen LogP contribution is -2.22. The van der Waals surface area contributed by atoms with Crippen molar-refractivity contribution < 1.29 is 4.39 Å². The van der Waals surface area contributed by atoms with E-state index in [1.165, 1.54) is 12.4 Å². The molecule has 0 fully saturated rings. The van der Waals surface area contributed by atoms with E-state index in [0.717, 1.165) is 16.7 Å². The molecule has 0 aliphatic heterocycles. The van der Waals surface area contributed by atoms with Gasteiger partial charge in [0.1, 0.15) is 18.0 Å². The van der Waals surface area contributed by atoms with Gasteiger partial charge in [-0.3, -0.25) is 5.10 Å². The van der Waals surface area contributed by atoms with E-state index in [1.54, 1.807) is 12.1 Å². The summed E-state index contributed by atoms with van der Waals surface area (Å²) in [7, 11) is 0. The van der Waals surface area contributed by atoms with Crippen LogP contribution in [-0.2, 0) is 6.42 Å². The fourth-order valence-electron chi connectivity index (χ4n) is 1.71. The Bertz CT molecular complexity index is 501. The number of aromatic amines is 1. The zero-order valence-corrected chi connectivity index (χ0v) is 11.5. The van der Waals surface area contributed by atoms with E-state index in [9.17, 15) is 4.39 Å². The second-order valence-corrected chi connectivity index (χ2v) is 4.94. The zero-order valence-electron chi connectivity index (χ0n) is 9.95. The molecule has 2 aromatic rings. The van der Waals surface area contributed by atoms with E-state index >= 15 is 0 Å². The van der Waals surface area contributed by atoms with Gasteiger partial charge in [0.05, 0.1) is 0 Å². The molecule has 1 atom stereocenters. The Balaban J connectivity index is 1.91. The van der Waals surface area contributed by atoms with Gasteiger partial charge in [-0.2, -0.15) is 5.10 Å². The van der Waals surface area contributed by atoms with Gasteiger partial charge in [0.25, 0.3) is 0 Å². The Kier molecular flexibility index (Phi) is 4.43. The summed E-state index contributed by atoms with van der Waals surface area (Å²) in [6.45, 7) is 2.65. The molecule has 0 spiro atoms. The average molecular weight is 313 g/mol. The van der Waals surface area contributed by atoms with Gasteiger partial charge in [0.2, 0.25) is 0 Å². The van der Waals surface area contributed by atoms with E-state index < -0.39 is 0 Å². The van der Waals surface area contributed by atoms with E-state index in [1.807, 2.05) is 6.92 Å². The van der Waals surface area contributed by atoms with Crippen LogP contribution in [0.3, 0.4) is 0 Å². The lowest BCUT2D eigenvalue weighted by atomic mass is 10.1. The number of aromatic nitrogens is 3. The molecule has 0 aliphatic rings. The average Bonchev–Trinajstić information content (AvgIpc) is 2.85. The van der Waals surface area contributed by atoms with Crippen molar-refractivity contribution in [2.24, 2.45) is 0 Å². The van der Waals surface area contributed by atoms with Gasteiger partial charge < -0.3 is 5.32 Å². The Morgan fingerprint density at radius 1 is 1.50 bits per heavy atom. The van der Waals surface area contributed by atoms with Crippen molar-refractivity contribution >= 4 is 15.9 Å². The highest BCUT2D eigenvalue weighted by Crippen LogP contribution is 2.21. The Morgan fingerprint density at radius 2 is 2.33 bits per heavy atom. The highest BCUT2D eigenvalue weighted by molar-refractivity contribution is 9.10. The zero-order chi connectivity index (χ0) is 13.0. The van der Waals surface area contributed by atoms with Gasteiger partial charge in [0.15, 0.2) is 0 Å². The summed E-state index contributed by atoms with van der Waals surface area (Å²) < 4.78 is 14.5. The Labute approximate surface area is 113 Å². The molecular formula is C12H14BrFN4. The predicted octanol–water partition coefficient (Wildman–Crippen LogP) is 2.60. The van der Waals surface area contributed by atoms with E-state index in [-0.39, 0.29) is 11.9 Å². The number of benzene rings is 1. The monoisotopic (exact) mass is 312 g/mol. The topological polar surface area (TPSA) is 53.6 Å². The van der Waals surface area contributed by atoms with Crippen molar-refractivity contribution in [3.8, 4) is 0 Å². The van der Waals surface area contributed by atoms with E-state index in [0.29, 0.717) is 12.1 Å². The quantitative estimate of drug-likeness (QED) is 0.892. The first kappa shape index (κ1) is 13.2. The maximum Gasteiger partial charge on any atom is 0.137 e. The van der Waals surface area contributed by atoms with Crippen LogP contribution in [0.5, 0.6) is 0 Å². The number of hydrogen-bond donors (Lipinski definition) is 2. The van der Waals surface area contributed by atoms with Crippen LogP contribution < -0.4 is 5.32 Å². The van der Waals surface area contributed by atoms with Gasteiger partial charge in [-0.1, -0.05) is 15.9 Å². The third-order valence-electron chi connectivity index (χ3n) is 2.70. The molecule has 2 rings (SSSR count). The molecule has 1 unspecified atom stereocenters. The summed E-state index contributed by atoms with van der Waals surface area (Å²) in [6.07, 6.45) is 2.21. The highest BCUT2D eigenvalue weighted by Gasteiger charge is 2.10. The molecule has 4 nitrogen and oxygen atoms in total. The van der Waals surface area contributed by atoms with Gasteiger partial charge in [0, 0.05) is 29.0 Å². The van der Waals surface area contributed by atoms with Crippen LogP contribution in [0.1, 0.15) is 24.4 Å². The van der Waals surface area contributed by atoms with Gasteiger partial charge >= 0.3 is 0 Å². The molecule has 0 saturated heterocycles. The second-order valence-electron chi connectivity index (χ2n) is 4.02.